The number of hydrogen-bond donors (Lipinski definition) is 6. The molecule has 1 aliphatic carbocycles. The molecule has 1 fully saturated rings. The molecule has 3 unspecified atom stereocenters. The second kappa shape index (κ2) is 18.8. The number of aliphatic hydroxyl groups is 1. The van der Waals surface area contributed by atoms with Crippen LogP contribution in [0.25, 0.3) is 0 Å². The maximum absolute atomic E-state index is 13.8. The zero-order valence-electron chi connectivity index (χ0n) is 27.4. The Bertz CT molecular complexity index is 1180. The number of carbonyl (C=O) groups is 3. The summed E-state index contributed by atoms with van der Waals surface area (Å²) in [7, 11) is -8.15. The zero-order valence-corrected chi connectivity index (χ0v) is 29.2. The number of benzene rings is 1. The molecule has 0 radical (unpaired) electrons. The third-order valence-electron chi connectivity index (χ3n) is 6.90. The first-order valence-corrected chi connectivity index (χ1v) is 18.8. The van der Waals surface area contributed by atoms with E-state index in [2.05, 4.69) is 16.0 Å². The van der Waals surface area contributed by atoms with Crippen LogP contribution in [0.3, 0.4) is 0 Å². The Labute approximate surface area is 270 Å². The molecule has 0 aromatic heterocycles. The average molecular weight is 693 g/mol. The number of nitrogens with one attached hydrogen (secondary N) is 4. The molecule has 0 heterocycles. The van der Waals surface area contributed by atoms with Gasteiger partial charge in [0.1, 0.15) is 12.1 Å². The van der Waals surface area contributed by atoms with Crippen molar-refractivity contribution in [3.8, 4) is 0 Å². The van der Waals surface area contributed by atoms with Crippen LogP contribution in [0.4, 0.5) is 5.69 Å². The molecule has 262 valence electrons. The minimum Gasteiger partial charge on any atom is -0.382 e. The third-order valence-corrected chi connectivity index (χ3v) is 12.5. The van der Waals surface area contributed by atoms with Crippen molar-refractivity contribution in [1.82, 2.24) is 16.1 Å². The molecule has 17 heteroatoms. The van der Waals surface area contributed by atoms with Crippen LogP contribution in [0.2, 0.25) is 0 Å². The summed E-state index contributed by atoms with van der Waals surface area (Å²) in [5, 5.41) is 27.9. The van der Waals surface area contributed by atoms with Crippen molar-refractivity contribution in [2.75, 3.05) is 31.7 Å². The first-order valence-electron chi connectivity index (χ1n) is 15.6. The quantitative estimate of drug-likeness (QED) is 0.0583. The Kier molecular flexibility index (Phi) is 16.3. The van der Waals surface area contributed by atoms with Crippen LogP contribution >= 0.6 is 15.2 Å². The summed E-state index contributed by atoms with van der Waals surface area (Å²) in [4.78, 5) is 38.4. The summed E-state index contributed by atoms with van der Waals surface area (Å²) in [6, 6.07) is 5.52. The van der Waals surface area contributed by atoms with Crippen molar-refractivity contribution in [3.63, 3.8) is 0 Å². The number of carbonyl (C=O) groups excluding carboxylic acids is 3. The molecule has 0 saturated heterocycles. The molecule has 15 nitrogen and oxygen atoms in total. The lowest BCUT2D eigenvalue weighted by Crippen LogP contribution is -2.53. The van der Waals surface area contributed by atoms with E-state index in [0.29, 0.717) is 11.3 Å². The number of aliphatic hydroxyl groups excluding tert-OH is 1. The second-order valence-corrected chi connectivity index (χ2v) is 15.8. The van der Waals surface area contributed by atoms with Gasteiger partial charge in [-0.1, -0.05) is 26.0 Å². The highest BCUT2D eigenvalue weighted by atomic mass is 31.2. The Hall–Kier alpha value is -2.35. The normalized spacial score (nSPS) is 15.7. The van der Waals surface area contributed by atoms with Crippen LogP contribution in [-0.2, 0) is 48.0 Å². The summed E-state index contributed by atoms with van der Waals surface area (Å²) in [6.07, 6.45) is -0.0107. The molecule has 3 amide bonds. The molecule has 46 heavy (non-hydrogen) atoms. The van der Waals surface area contributed by atoms with Gasteiger partial charge >= 0.3 is 15.2 Å². The third kappa shape index (κ3) is 11.7. The van der Waals surface area contributed by atoms with Gasteiger partial charge < -0.3 is 39.2 Å². The van der Waals surface area contributed by atoms with Gasteiger partial charge in [0.05, 0.1) is 32.3 Å². The maximum Gasteiger partial charge on any atom is 0.365 e. The van der Waals surface area contributed by atoms with E-state index in [1.165, 1.54) is 5.48 Å². The molecule has 0 spiro atoms. The van der Waals surface area contributed by atoms with Gasteiger partial charge in [0.2, 0.25) is 17.3 Å². The van der Waals surface area contributed by atoms with Crippen LogP contribution in [-0.4, -0.2) is 78.2 Å². The molecule has 1 saturated carbocycles. The lowest BCUT2D eigenvalue weighted by molar-refractivity contribution is -0.147. The van der Waals surface area contributed by atoms with E-state index in [4.69, 9.17) is 23.3 Å². The second-order valence-electron chi connectivity index (χ2n) is 11.2. The van der Waals surface area contributed by atoms with Crippen molar-refractivity contribution in [1.29, 1.82) is 0 Å². The molecule has 1 aromatic rings. The molecule has 3 atom stereocenters. The van der Waals surface area contributed by atoms with Gasteiger partial charge in [-0.25, -0.2) is 5.48 Å². The minimum absolute atomic E-state index is 0.00497. The highest BCUT2D eigenvalue weighted by Gasteiger charge is 2.51. The van der Waals surface area contributed by atoms with E-state index in [-0.39, 0.29) is 51.2 Å². The van der Waals surface area contributed by atoms with E-state index in [9.17, 15) is 28.6 Å². The molecule has 2 rings (SSSR count). The fourth-order valence-electron chi connectivity index (χ4n) is 4.68. The summed E-state index contributed by atoms with van der Waals surface area (Å²) in [6.45, 7) is 10.2. The zero-order chi connectivity index (χ0) is 34.5. The van der Waals surface area contributed by atoms with E-state index < -0.39 is 56.5 Å². The van der Waals surface area contributed by atoms with E-state index >= 15 is 0 Å². The Balaban J connectivity index is 2.36. The average Bonchev–Trinajstić information content (AvgIpc) is 3.82. The largest absolute Gasteiger partial charge is 0.382 e. The molecule has 1 aliphatic rings. The Morgan fingerprint density at radius 2 is 1.35 bits per heavy atom. The van der Waals surface area contributed by atoms with Crippen LogP contribution in [0.15, 0.2) is 24.3 Å². The number of rotatable bonds is 22. The van der Waals surface area contributed by atoms with Crippen LogP contribution < -0.4 is 21.4 Å². The Morgan fingerprint density at radius 3 is 1.76 bits per heavy atom. The molecule has 1 aromatic carbocycles. The SMILES string of the molecule is CCOP(=O)(OCC)C(Nc1ccc(CC(NC(=O)C(CC(C)C)C(O)C(=O)NO)C(=O)NC2CC2)cc1)P(=O)(OCC)OCC. The maximum atomic E-state index is 13.8. The van der Waals surface area contributed by atoms with Gasteiger partial charge in [-0.2, -0.15) is 0 Å². The number of hydrogen-bond acceptors (Lipinski definition) is 12. The van der Waals surface area contributed by atoms with Crippen LogP contribution in [0, 0.1) is 11.8 Å². The monoisotopic (exact) mass is 692 g/mol. The first-order chi connectivity index (χ1) is 21.8. The topological polar surface area (TPSA) is 211 Å². The van der Waals surface area contributed by atoms with Crippen LogP contribution in [0.1, 0.15) is 66.4 Å². The predicted molar refractivity (Wildman–Crippen MR) is 171 cm³/mol. The predicted octanol–water partition coefficient (Wildman–Crippen LogP) is 3.75. The minimum atomic E-state index is -4.07. The highest BCUT2D eigenvalue weighted by Crippen LogP contribution is 2.70. The lowest BCUT2D eigenvalue weighted by Gasteiger charge is -2.32. The van der Waals surface area contributed by atoms with Gasteiger partial charge in [-0.05, 0) is 70.6 Å². The first kappa shape index (κ1) is 39.8. The van der Waals surface area contributed by atoms with Crippen molar-refractivity contribution in [2.24, 2.45) is 11.8 Å². The fourth-order valence-corrected chi connectivity index (χ4v) is 9.64. The summed E-state index contributed by atoms with van der Waals surface area (Å²) in [5.41, 5.74) is 0.893. The molecule has 0 bridgehead atoms. The van der Waals surface area contributed by atoms with Crippen molar-refractivity contribution >= 4 is 38.6 Å². The van der Waals surface area contributed by atoms with Crippen molar-refractivity contribution in [3.05, 3.63) is 29.8 Å². The Morgan fingerprint density at radius 1 is 0.848 bits per heavy atom. The summed E-state index contributed by atoms with van der Waals surface area (Å²) >= 11 is 0. The van der Waals surface area contributed by atoms with Gasteiger partial charge in [0.25, 0.3) is 5.91 Å². The highest BCUT2D eigenvalue weighted by molar-refractivity contribution is 7.72. The molecular weight excluding hydrogens is 642 g/mol. The smallest absolute Gasteiger partial charge is 0.365 e. The summed E-state index contributed by atoms with van der Waals surface area (Å²) in [5.74, 6) is -3.57. The van der Waals surface area contributed by atoms with Gasteiger partial charge in [-0.15, -0.1) is 0 Å². The van der Waals surface area contributed by atoms with E-state index in [0.717, 1.165) is 12.8 Å². The number of amides is 3. The van der Waals surface area contributed by atoms with Crippen LogP contribution in [0.5, 0.6) is 0 Å². The van der Waals surface area contributed by atoms with Crippen molar-refractivity contribution < 1.29 is 51.9 Å². The van der Waals surface area contributed by atoms with Gasteiger partial charge in [-0.3, -0.25) is 28.7 Å². The number of hydroxylamine groups is 1. The standard InChI is InChI=1S/C29H50N4O11P2/c1-7-41-45(39,42-8-2)29(46(40,43-9-3)44-10-4)31-22-13-11-20(12-14-22)18-24(27(36)30-21-15-16-21)32-26(35)23(17-19(5)6)25(34)28(37)33-38/h11-14,19,21,23-25,29,31,34,38H,7-10,15-18H2,1-6H3,(H,30,36)(H,32,35)(H,33,37). The fraction of sp³-hybridized carbons (Fsp3) is 0.690. The van der Waals surface area contributed by atoms with Gasteiger partial charge in [0.15, 0.2) is 0 Å². The van der Waals surface area contributed by atoms with E-state index in [1.807, 2.05) is 13.8 Å². The van der Waals surface area contributed by atoms with E-state index in [1.54, 1.807) is 52.0 Å². The molecule has 6 N–H and O–H groups in total. The number of anilines is 1. The molecular formula is C29H50N4O11P2. The molecule has 0 aliphatic heterocycles. The van der Waals surface area contributed by atoms with Gasteiger partial charge in [0, 0.05) is 18.2 Å². The lowest BCUT2D eigenvalue weighted by atomic mass is 9.90. The van der Waals surface area contributed by atoms with Crippen molar-refractivity contribution in [2.45, 2.75) is 90.9 Å². The summed E-state index contributed by atoms with van der Waals surface area (Å²) < 4.78 is 49.7.